The average molecular weight is 404 g/mol. The molecule has 2 aromatic rings. The van der Waals surface area contributed by atoms with Crippen molar-refractivity contribution in [1.29, 1.82) is 0 Å². The molecule has 3 rings (SSSR count). The Bertz CT molecular complexity index is 952. The van der Waals surface area contributed by atoms with Gasteiger partial charge in [0.05, 0.1) is 25.3 Å². The van der Waals surface area contributed by atoms with Crippen LogP contribution < -0.4 is 4.74 Å². The molecule has 0 aromatic carbocycles. The van der Waals surface area contributed by atoms with Gasteiger partial charge in [0.25, 0.3) is 0 Å². The summed E-state index contributed by atoms with van der Waals surface area (Å²) in [5, 5.41) is 0. The third kappa shape index (κ3) is 4.94. The Morgan fingerprint density at radius 3 is 2.64 bits per heavy atom. The van der Waals surface area contributed by atoms with Gasteiger partial charge in [-0.25, -0.2) is 13.4 Å². The van der Waals surface area contributed by atoms with Crippen LogP contribution in [0.25, 0.3) is 0 Å². The molecule has 8 heteroatoms. The van der Waals surface area contributed by atoms with Crippen molar-refractivity contribution >= 4 is 15.8 Å². The summed E-state index contributed by atoms with van der Waals surface area (Å²) in [4.78, 5) is 21.2. The minimum absolute atomic E-state index is 0.134. The lowest BCUT2D eigenvalue weighted by Gasteiger charge is -2.37. The van der Waals surface area contributed by atoms with Crippen LogP contribution in [0.4, 0.5) is 0 Å². The van der Waals surface area contributed by atoms with Crippen molar-refractivity contribution in [3.63, 3.8) is 0 Å². The van der Waals surface area contributed by atoms with Gasteiger partial charge >= 0.3 is 0 Å². The maximum atomic E-state index is 12.6. The molecule has 7 nitrogen and oxygen atoms in total. The third-order valence-electron chi connectivity index (χ3n) is 4.50. The molecule has 0 spiro atoms. The van der Waals surface area contributed by atoms with Gasteiger partial charge in [0.1, 0.15) is 17.5 Å². The van der Waals surface area contributed by atoms with Crippen LogP contribution in [0, 0.1) is 13.8 Å². The SMILES string of the molecule is CCCS(=O)(=O)N1CC(Oc2cc(C)nc(C(=O)Cc3ccc(C)cn3)c2)C1. The molecule has 3 heterocycles. The average Bonchev–Trinajstić information content (AvgIpc) is 2.59. The molecule has 28 heavy (non-hydrogen) atoms. The number of ether oxygens (including phenoxy) is 1. The van der Waals surface area contributed by atoms with Gasteiger partial charge in [-0.05, 0) is 31.9 Å². The Labute approximate surface area is 165 Å². The zero-order valence-electron chi connectivity index (χ0n) is 16.4. The number of rotatable bonds is 8. The van der Waals surface area contributed by atoms with Crippen LogP contribution in [-0.2, 0) is 16.4 Å². The Morgan fingerprint density at radius 2 is 2.00 bits per heavy atom. The van der Waals surface area contributed by atoms with E-state index in [9.17, 15) is 13.2 Å². The lowest BCUT2D eigenvalue weighted by Crippen LogP contribution is -2.56. The highest BCUT2D eigenvalue weighted by atomic mass is 32.2. The fourth-order valence-electron chi connectivity index (χ4n) is 2.99. The van der Waals surface area contributed by atoms with Gasteiger partial charge < -0.3 is 4.74 Å². The first-order valence-corrected chi connectivity index (χ1v) is 11.0. The first kappa shape index (κ1) is 20.4. The second-order valence-corrected chi connectivity index (χ2v) is 9.22. The van der Waals surface area contributed by atoms with Crippen LogP contribution >= 0.6 is 0 Å². The quantitative estimate of drug-likeness (QED) is 0.629. The summed E-state index contributed by atoms with van der Waals surface area (Å²) >= 11 is 0. The van der Waals surface area contributed by atoms with E-state index in [1.54, 1.807) is 25.3 Å². The molecule has 0 radical (unpaired) electrons. The number of hydrogen-bond donors (Lipinski definition) is 0. The monoisotopic (exact) mass is 403 g/mol. The van der Waals surface area contributed by atoms with E-state index < -0.39 is 10.0 Å². The maximum Gasteiger partial charge on any atom is 0.214 e. The van der Waals surface area contributed by atoms with Crippen LogP contribution in [-0.4, -0.2) is 53.4 Å². The highest BCUT2D eigenvalue weighted by Gasteiger charge is 2.36. The van der Waals surface area contributed by atoms with Gasteiger partial charge in [-0.15, -0.1) is 0 Å². The first-order chi connectivity index (χ1) is 13.3. The van der Waals surface area contributed by atoms with Gasteiger partial charge in [0, 0.05) is 29.7 Å². The molecule has 0 unspecified atom stereocenters. The summed E-state index contributed by atoms with van der Waals surface area (Å²) in [6.45, 7) is 6.25. The van der Waals surface area contributed by atoms with Crippen molar-refractivity contribution in [2.75, 3.05) is 18.8 Å². The standard InChI is InChI=1S/C20H25N3O4S/c1-4-7-28(25,26)23-12-18(13-23)27-17-8-15(3)22-19(10-17)20(24)9-16-6-5-14(2)11-21-16/h5-6,8,10-11,18H,4,7,9,12-13H2,1-3H3. The van der Waals surface area contributed by atoms with Crippen LogP contribution in [0.2, 0.25) is 0 Å². The first-order valence-electron chi connectivity index (χ1n) is 9.34. The van der Waals surface area contributed by atoms with E-state index in [0.29, 0.717) is 42.3 Å². The van der Waals surface area contributed by atoms with E-state index in [-0.39, 0.29) is 24.1 Å². The predicted molar refractivity (Wildman–Crippen MR) is 106 cm³/mol. The number of sulfonamides is 1. The Morgan fingerprint density at radius 1 is 1.25 bits per heavy atom. The van der Waals surface area contributed by atoms with E-state index >= 15 is 0 Å². The molecule has 1 aliphatic heterocycles. The fourth-order valence-corrected chi connectivity index (χ4v) is 4.55. The molecule has 0 N–H and O–H groups in total. The van der Waals surface area contributed by atoms with Crippen molar-refractivity contribution in [2.45, 2.75) is 39.7 Å². The number of aromatic nitrogens is 2. The molecule has 0 amide bonds. The summed E-state index contributed by atoms with van der Waals surface area (Å²) in [6, 6.07) is 7.12. The van der Waals surface area contributed by atoms with Crippen molar-refractivity contribution < 1.29 is 17.9 Å². The smallest absolute Gasteiger partial charge is 0.214 e. The zero-order valence-corrected chi connectivity index (χ0v) is 17.2. The van der Waals surface area contributed by atoms with Gasteiger partial charge in [0.15, 0.2) is 5.78 Å². The van der Waals surface area contributed by atoms with Gasteiger partial charge in [-0.1, -0.05) is 13.0 Å². The number of nitrogens with zero attached hydrogens (tertiary/aromatic N) is 3. The lowest BCUT2D eigenvalue weighted by atomic mass is 10.1. The van der Waals surface area contributed by atoms with Gasteiger partial charge in [0.2, 0.25) is 10.0 Å². The summed E-state index contributed by atoms with van der Waals surface area (Å²) < 4.78 is 31.3. The van der Waals surface area contributed by atoms with Crippen molar-refractivity contribution in [2.24, 2.45) is 0 Å². The molecule has 0 aliphatic carbocycles. The number of hydrogen-bond acceptors (Lipinski definition) is 6. The molecule has 1 fully saturated rings. The minimum Gasteiger partial charge on any atom is -0.488 e. The normalized spacial score (nSPS) is 15.2. The highest BCUT2D eigenvalue weighted by Crippen LogP contribution is 2.23. The second kappa shape index (κ2) is 8.36. The van der Waals surface area contributed by atoms with Crippen molar-refractivity contribution in [3.8, 4) is 5.75 Å². The minimum atomic E-state index is -3.19. The van der Waals surface area contributed by atoms with Crippen LogP contribution in [0.3, 0.4) is 0 Å². The predicted octanol–water partition coefficient (Wildman–Crippen LogP) is 2.32. The van der Waals surface area contributed by atoms with Crippen molar-refractivity contribution in [1.82, 2.24) is 14.3 Å². The van der Waals surface area contributed by atoms with E-state index in [1.165, 1.54) is 4.31 Å². The van der Waals surface area contributed by atoms with E-state index in [4.69, 9.17) is 4.74 Å². The molecule has 150 valence electrons. The molecule has 2 aromatic heterocycles. The van der Waals surface area contributed by atoms with E-state index in [0.717, 1.165) is 5.56 Å². The number of pyridine rings is 2. The second-order valence-electron chi connectivity index (χ2n) is 7.13. The number of aryl methyl sites for hydroxylation is 2. The third-order valence-corrected chi connectivity index (χ3v) is 6.51. The molecule has 0 saturated carbocycles. The molecule has 0 atom stereocenters. The molecule has 0 bridgehead atoms. The topological polar surface area (TPSA) is 89.5 Å². The highest BCUT2D eigenvalue weighted by molar-refractivity contribution is 7.89. The van der Waals surface area contributed by atoms with E-state index in [1.807, 2.05) is 26.0 Å². The lowest BCUT2D eigenvalue weighted by molar-refractivity contribution is 0.0758. The number of Topliss-reactive ketones (excluding diaryl/α,β-unsaturated/α-hetero) is 1. The van der Waals surface area contributed by atoms with E-state index in [2.05, 4.69) is 9.97 Å². The number of ketones is 1. The molecule has 1 saturated heterocycles. The Balaban J connectivity index is 1.64. The van der Waals surface area contributed by atoms with Crippen LogP contribution in [0.1, 0.15) is 40.8 Å². The fraction of sp³-hybridized carbons (Fsp3) is 0.450. The van der Waals surface area contributed by atoms with Gasteiger partial charge in [-0.2, -0.15) is 4.31 Å². The molecular weight excluding hydrogens is 378 g/mol. The van der Waals surface area contributed by atoms with Crippen LogP contribution in [0.15, 0.2) is 30.5 Å². The summed E-state index contributed by atoms with van der Waals surface area (Å²) in [6.07, 6.45) is 2.28. The van der Waals surface area contributed by atoms with Crippen LogP contribution in [0.5, 0.6) is 5.75 Å². The number of carbonyl (C=O) groups is 1. The summed E-state index contributed by atoms with van der Waals surface area (Å²) in [7, 11) is -3.19. The largest absolute Gasteiger partial charge is 0.488 e. The summed E-state index contributed by atoms with van der Waals surface area (Å²) in [5.74, 6) is 0.552. The Hall–Kier alpha value is -2.32. The maximum absolute atomic E-state index is 12.6. The zero-order chi connectivity index (χ0) is 20.3. The molecule has 1 aliphatic rings. The van der Waals surface area contributed by atoms with Crippen molar-refractivity contribution in [3.05, 3.63) is 53.1 Å². The summed E-state index contributed by atoms with van der Waals surface area (Å²) in [5.41, 5.74) is 2.73. The van der Waals surface area contributed by atoms with Gasteiger partial charge in [-0.3, -0.25) is 9.78 Å². The molecular formula is C20H25N3O4S. The Kier molecular flexibility index (Phi) is 6.10. The number of carbonyl (C=O) groups excluding carboxylic acids is 1.